The number of aromatic nitrogens is 2. The number of amides is 1. The van der Waals surface area contributed by atoms with E-state index in [9.17, 15) is 14.0 Å². The topological polar surface area (TPSA) is 73.2 Å². The lowest BCUT2D eigenvalue weighted by molar-refractivity contribution is -0.152. The smallest absolute Gasteiger partial charge is 0.331 e. The van der Waals surface area contributed by atoms with Gasteiger partial charge >= 0.3 is 5.97 Å². The van der Waals surface area contributed by atoms with Crippen LogP contribution in [0.4, 0.5) is 4.39 Å². The van der Waals surface area contributed by atoms with Gasteiger partial charge in [0.05, 0.1) is 18.5 Å². The van der Waals surface area contributed by atoms with Crippen molar-refractivity contribution < 1.29 is 18.7 Å². The van der Waals surface area contributed by atoms with Gasteiger partial charge in [-0.3, -0.25) is 4.79 Å². The fraction of sp³-hybridized carbons (Fsp3) is 0.381. The Morgan fingerprint density at radius 3 is 2.52 bits per heavy atom. The highest BCUT2D eigenvalue weighted by atomic mass is 35.5. The zero-order chi connectivity index (χ0) is 21.0. The van der Waals surface area contributed by atoms with Gasteiger partial charge in [-0.2, -0.15) is 5.10 Å². The third kappa shape index (κ3) is 4.50. The zero-order valence-corrected chi connectivity index (χ0v) is 17.1. The van der Waals surface area contributed by atoms with E-state index in [1.54, 1.807) is 25.1 Å². The van der Waals surface area contributed by atoms with Crippen LogP contribution in [-0.2, 0) is 14.3 Å². The van der Waals surface area contributed by atoms with Crippen LogP contribution in [0.3, 0.4) is 0 Å². The number of aryl methyl sites for hydroxylation is 1. The Morgan fingerprint density at radius 2 is 1.90 bits per heavy atom. The standard InChI is InChI=1S/C21H23ClFN3O3/c1-14-17(19(22)26(25-14)16-8-6-15(23)7-9-16)10-11-18(27)24-21(20(28)29-2)12-4-3-5-13-21/h6-11H,3-5,12-13H2,1-2H3,(H,24,27)/b11-10+. The lowest BCUT2D eigenvalue weighted by Gasteiger charge is -2.34. The second kappa shape index (κ2) is 8.78. The van der Waals surface area contributed by atoms with Gasteiger partial charge in [0.2, 0.25) is 5.91 Å². The SMILES string of the molecule is COC(=O)C1(NC(=O)/C=C/c2c(C)nn(-c3ccc(F)cc3)c2Cl)CCCCC1. The van der Waals surface area contributed by atoms with E-state index >= 15 is 0 Å². The predicted octanol–water partition coefficient (Wildman–Crippen LogP) is 3.98. The van der Waals surface area contributed by atoms with Crippen LogP contribution in [0.1, 0.15) is 43.4 Å². The van der Waals surface area contributed by atoms with Crippen LogP contribution in [0, 0.1) is 12.7 Å². The molecule has 154 valence electrons. The van der Waals surface area contributed by atoms with Crippen LogP contribution in [-0.4, -0.2) is 34.3 Å². The summed E-state index contributed by atoms with van der Waals surface area (Å²) in [6.07, 6.45) is 6.76. The summed E-state index contributed by atoms with van der Waals surface area (Å²) in [6, 6.07) is 5.78. The Morgan fingerprint density at radius 1 is 1.24 bits per heavy atom. The Balaban J connectivity index is 1.79. The summed E-state index contributed by atoms with van der Waals surface area (Å²) in [5.74, 6) is -1.17. The molecule has 1 N–H and O–H groups in total. The Kier molecular flexibility index (Phi) is 6.37. The first kappa shape index (κ1) is 21.0. The lowest BCUT2D eigenvalue weighted by atomic mass is 9.81. The Labute approximate surface area is 173 Å². The van der Waals surface area contributed by atoms with Gasteiger partial charge in [-0.05, 0) is 50.1 Å². The largest absolute Gasteiger partial charge is 0.467 e. The van der Waals surface area contributed by atoms with Crippen molar-refractivity contribution in [3.05, 3.63) is 52.6 Å². The first-order valence-corrected chi connectivity index (χ1v) is 9.84. The van der Waals surface area contributed by atoms with Crippen LogP contribution in [0.25, 0.3) is 11.8 Å². The second-order valence-corrected chi connectivity index (χ2v) is 7.49. The molecule has 6 nitrogen and oxygen atoms in total. The number of halogens is 2. The van der Waals surface area contributed by atoms with Gasteiger partial charge in [0.25, 0.3) is 0 Å². The molecule has 29 heavy (non-hydrogen) atoms. The average molecular weight is 420 g/mol. The first-order chi connectivity index (χ1) is 13.9. The summed E-state index contributed by atoms with van der Waals surface area (Å²) in [7, 11) is 1.33. The highest BCUT2D eigenvalue weighted by molar-refractivity contribution is 6.31. The van der Waals surface area contributed by atoms with Gasteiger partial charge < -0.3 is 10.1 Å². The molecule has 1 heterocycles. The molecule has 0 unspecified atom stereocenters. The molecule has 1 aliphatic carbocycles. The number of nitrogens with zero attached hydrogens (tertiary/aromatic N) is 2. The molecule has 1 aromatic carbocycles. The second-order valence-electron chi connectivity index (χ2n) is 7.14. The highest BCUT2D eigenvalue weighted by Crippen LogP contribution is 2.30. The monoisotopic (exact) mass is 419 g/mol. The molecular formula is C21H23ClFN3O3. The minimum atomic E-state index is -0.981. The van der Waals surface area contributed by atoms with Gasteiger partial charge in [-0.1, -0.05) is 30.9 Å². The molecule has 1 fully saturated rings. The number of rotatable bonds is 5. The number of methoxy groups -OCH3 is 1. The molecule has 0 radical (unpaired) electrons. The van der Waals surface area contributed by atoms with E-state index in [1.807, 2.05) is 0 Å². The lowest BCUT2D eigenvalue weighted by Crippen LogP contribution is -2.55. The summed E-state index contributed by atoms with van der Waals surface area (Å²) in [5, 5.41) is 7.49. The maximum absolute atomic E-state index is 13.2. The number of ether oxygens (including phenoxy) is 1. The molecule has 2 aromatic rings. The third-order valence-electron chi connectivity index (χ3n) is 5.17. The van der Waals surface area contributed by atoms with E-state index in [0.717, 1.165) is 19.3 Å². The number of benzene rings is 1. The highest BCUT2D eigenvalue weighted by Gasteiger charge is 2.41. The predicted molar refractivity (Wildman–Crippen MR) is 108 cm³/mol. The van der Waals surface area contributed by atoms with Gasteiger partial charge in [0, 0.05) is 11.6 Å². The third-order valence-corrected chi connectivity index (χ3v) is 5.53. The van der Waals surface area contributed by atoms with Crippen molar-refractivity contribution in [2.45, 2.75) is 44.6 Å². The van der Waals surface area contributed by atoms with E-state index in [2.05, 4.69) is 10.4 Å². The summed E-state index contributed by atoms with van der Waals surface area (Å²) >= 11 is 6.43. The molecule has 0 saturated heterocycles. The van der Waals surface area contributed by atoms with E-state index < -0.39 is 17.4 Å². The van der Waals surface area contributed by atoms with E-state index in [0.29, 0.717) is 34.9 Å². The molecule has 3 rings (SSSR count). The van der Waals surface area contributed by atoms with E-state index in [-0.39, 0.29) is 5.82 Å². The number of esters is 1. The van der Waals surface area contributed by atoms with E-state index in [1.165, 1.54) is 30.0 Å². The quantitative estimate of drug-likeness (QED) is 0.587. The summed E-state index contributed by atoms with van der Waals surface area (Å²) in [5.41, 5.74) is 0.812. The van der Waals surface area contributed by atoms with Crippen molar-refractivity contribution >= 4 is 29.6 Å². The number of nitrogens with one attached hydrogen (secondary N) is 1. The zero-order valence-electron chi connectivity index (χ0n) is 16.4. The molecule has 8 heteroatoms. The van der Waals surface area contributed by atoms with Gasteiger partial charge in [-0.15, -0.1) is 0 Å². The molecule has 0 spiro atoms. The molecule has 0 atom stereocenters. The maximum atomic E-state index is 13.2. The van der Waals surface area contributed by atoms with Gasteiger partial charge in [-0.25, -0.2) is 13.9 Å². The Hall–Kier alpha value is -2.67. The normalized spacial score (nSPS) is 16.0. The van der Waals surface area contributed by atoms with Crippen molar-refractivity contribution in [2.75, 3.05) is 7.11 Å². The van der Waals surface area contributed by atoms with Crippen molar-refractivity contribution in [3.63, 3.8) is 0 Å². The molecular weight excluding hydrogens is 397 g/mol. The minimum Gasteiger partial charge on any atom is -0.467 e. The molecule has 1 saturated carbocycles. The number of carbonyl (C=O) groups excluding carboxylic acids is 2. The first-order valence-electron chi connectivity index (χ1n) is 9.46. The molecule has 0 bridgehead atoms. The van der Waals surface area contributed by atoms with E-state index in [4.69, 9.17) is 16.3 Å². The minimum absolute atomic E-state index is 0.304. The van der Waals surface area contributed by atoms with Crippen LogP contribution in [0.15, 0.2) is 30.3 Å². The van der Waals surface area contributed by atoms with Crippen LogP contribution < -0.4 is 5.32 Å². The molecule has 0 aliphatic heterocycles. The van der Waals surface area contributed by atoms with Crippen molar-refractivity contribution in [2.24, 2.45) is 0 Å². The fourth-order valence-corrected chi connectivity index (χ4v) is 3.96. The number of hydrogen-bond acceptors (Lipinski definition) is 4. The Bertz CT molecular complexity index is 931. The fourth-order valence-electron chi connectivity index (χ4n) is 3.62. The van der Waals surface area contributed by atoms with Gasteiger partial charge in [0.15, 0.2) is 0 Å². The van der Waals surface area contributed by atoms with Gasteiger partial charge in [0.1, 0.15) is 16.5 Å². The van der Waals surface area contributed by atoms with Crippen LogP contribution in [0.2, 0.25) is 5.15 Å². The molecule has 1 amide bonds. The number of carbonyl (C=O) groups is 2. The molecule has 1 aromatic heterocycles. The van der Waals surface area contributed by atoms with Crippen molar-refractivity contribution in [1.82, 2.24) is 15.1 Å². The summed E-state index contributed by atoms with van der Waals surface area (Å²) < 4.78 is 19.5. The van der Waals surface area contributed by atoms with Crippen molar-refractivity contribution in [3.8, 4) is 5.69 Å². The maximum Gasteiger partial charge on any atom is 0.331 e. The summed E-state index contributed by atoms with van der Waals surface area (Å²) in [6.45, 7) is 1.76. The molecule has 1 aliphatic rings. The number of hydrogen-bond donors (Lipinski definition) is 1. The van der Waals surface area contributed by atoms with Crippen molar-refractivity contribution in [1.29, 1.82) is 0 Å². The van der Waals surface area contributed by atoms with Crippen LogP contribution in [0.5, 0.6) is 0 Å². The average Bonchev–Trinajstić information content (AvgIpc) is 3.00. The van der Waals surface area contributed by atoms with Crippen LogP contribution >= 0.6 is 11.6 Å². The summed E-state index contributed by atoms with van der Waals surface area (Å²) in [4.78, 5) is 24.8.